The fraction of sp³-hybridized carbons (Fsp3) is 0.0588. The summed E-state index contributed by atoms with van der Waals surface area (Å²) in [6.45, 7) is 4.27. The molecule has 4 heterocycles. The van der Waals surface area contributed by atoms with Crippen LogP contribution in [0.25, 0.3) is 39.4 Å². The molecular weight excluding hydrogens is 888 g/mol. The molecule has 9 aromatic rings. The number of imidazole rings is 1. The van der Waals surface area contributed by atoms with Gasteiger partial charge in [-0.1, -0.05) is 98.3 Å². The Hall–Kier alpha value is -6.49. The zero-order valence-electron chi connectivity index (χ0n) is 32.0. The Kier molecular flexibility index (Phi) is 8.95. The quantitative estimate of drug-likeness (QED) is 0.123. The molecule has 0 bridgehead atoms. The summed E-state index contributed by atoms with van der Waals surface area (Å²) < 4.78 is 2.26. The summed E-state index contributed by atoms with van der Waals surface area (Å²) in [6.07, 6.45) is 1.92. The van der Waals surface area contributed by atoms with E-state index in [9.17, 15) is 0 Å². The third-order valence-corrected chi connectivity index (χ3v) is 11.4. The fourth-order valence-corrected chi connectivity index (χ4v) is 8.74. The summed E-state index contributed by atoms with van der Waals surface area (Å²) in [5.74, 6) is 1.24. The van der Waals surface area contributed by atoms with Crippen molar-refractivity contribution in [1.29, 1.82) is 0 Å². The van der Waals surface area contributed by atoms with E-state index < -0.39 is 0 Å². The van der Waals surface area contributed by atoms with Gasteiger partial charge in [-0.25, -0.2) is 0 Å². The second-order valence-electron chi connectivity index (χ2n) is 15.1. The Morgan fingerprint density at radius 1 is 0.534 bits per heavy atom. The molecule has 278 valence electrons. The normalized spacial score (nSPS) is 12.6. The summed E-state index contributed by atoms with van der Waals surface area (Å²) in [6, 6.07) is 68.2. The van der Waals surface area contributed by atoms with E-state index in [0.717, 1.165) is 84.4 Å². The largest absolute Gasteiger partial charge is 2.00 e. The van der Waals surface area contributed by atoms with Gasteiger partial charge < -0.3 is 19.4 Å². The summed E-state index contributed by atoms with van der Waals surface area (Å²) in [5, 5.41) is 0. The summed E-state index contributed by atoms with van der Waals surface area (Å²) >= 11 is 0. The van der Waals surface area contributed by atoms with Crippen molar-refractivity contribution in [3.05, 3.63) is 194 Å². The minimum absolute atomic E-state index is 0. The number of aromatic nitrogens is 3. The molecule has 0 atom stereocenters. The van der Waals surface area contributed by atoms with Crippen LogP contribution >= 0.6 is 0 Å². The van der Waals surface area contributed by atoms with Gasteiger partial charge in [0.15, 0.2) is 0 Å². The van der Waals surface area contributed by atoms with Crippen molar-refractivity contribution in [2.24, 2.45) is 0 Å². The van der Waals surface area contributed by atoms with E-state index in [1.165, 1.54) is 11.0 Å². The number of hydrogen-bond acceptors (Lipinski definition) is 4. The Labute approximate surface area is 353 Å². The van der Waals surface area contributed by atoms with Gasteiger partial charge in [0.25, 0.3) is 0 Å². The molecule has 2 aliphatic heterocycles. The molecule has 2 aromatic heterocycles. The first-order valence-electron chi connectivity index (χ1n) is 19.6. The van der Waals surface area contributed by atoms with Gasteiger partial charge in [0.05, 0.1) is 16.9 Å². The SMILES string of the molecule is CC(C)c1ccnc(-c2[c-]c3c(cc2)N(c2ccccc2)c2cccc4c2B3c2[c-]c(-c3nc5ccccc5n3-c3ccccc3)ccc2N4c2ccccc2)c1.[Pt+2]. The van der Waals surface area contributed by atoms with E-state index in [1.807, 2.05) is 6.20 Å². The number of hydrogen-bond donors (Lipinski definition) is 0. The van der Waals surface area contributed by atoms with E-state index in [0.29, 0.717) is 5.92 Å². The van der Waals surface area contributed by atoms with Crippen molar-refractivity contribution in [1.82, 2.24) is 14.5 Å². The van der Waals surface area contributed by atoms with E-state index in [2.05, 4.69) is 210 Å². The van der Waals surface area contributed by atoms with Crippen molar-refractivity contribution in [2.75, 3.05) is 9.80 Å². The fourth-order valence-electron chi connectivity index (χ4n) is 8.74. The average Bonchev–Trinajstić information content (AvgIpc) is 3.67. The van der Waals surface area contributed by atoms with E-state index in [4.69, 9.17) is 9.97 Å². The molecule has 7 aromatic carbocycles. The molecule has 0 fully saturated rings. The van der Waals surface area contributed by atoms with Gasteiger partial charge in [0, 0.05) is 34.6 Å². The Bertz CT molecular complexity index is 2950. The molecule has 0 spiro atoms. The Morgan fingerprint density at radius 3 is 1.71 bits per heavy atom. The third-order valence-electron chi connectivity index (χ3n) is 11.4. The van der Waals surface area contributed by atoms with Crippen molar-refractivity contribution in [3.63, 3.8) is 0 Å². The van der Waals surface area contributed by atoms with Gasteiger partial charge in [-0.15, -0.1) is 58.5 Å². The minimum atomic E-state index is -0.177. The first-order chi connectivity index (χ1) is 28.1. The molecule has 0 N–H and O–H groups in total. The maximum absolute atomic E-state index is 5.28. The van der Waals surface area contributed by atoms with Crippen LogP contribution in [0.5, 0.6) is 0 Å². The zero-order chi connectivity index (χ0) is 38.0. The molecule has 0 aliphatic carbocycles. The number of pyridine rings is 1. The molecule has 0 unspecified atom stereocenters. The van der Waals surface area contributed by atoms with Crippen LogP contribution in [0.1, 0.15) is 25.3 Å². The van der Waals surface area contributed by atoms with Gasteiger partial charge in [0.2, 0.25) is 6.71 Å². The minimum Gasteiger partial charge on any atom is -0.353 e. The van der Waals surface area contributed by atoms with E-state index in [1.54, 1.807) is 0 Å². The molecule has 0 amide bonds. The number of nitrogens with zero attached hydrogens (tertiary/aromatic N) is 5. The molecule has 0 saturated carbocycles. The molecular formula is C51H36BN5Pt. The van der Waals surface area contributed by atoms with Crippen molar-refractivity contribution in [2.45, 2.75) is 19.8 Å². The number of benzene rings is 7. The van der Waals surface area contributed by atoms with Crippen LogP contribution < -0.4 is 26.2 Å². The second-order valence-corrected chi connectivity index (χ2v) is 15.1. The summed E-state index contributed by atoms with van der Waals surface area (Å²) in [7, 11) is 0. The van der Waals surface area contributed by atoms with Gasteiger partial charge in [-0.3, -0.25) is 4.98 Å². The van der Waals surface area contributed by atoms with Crippen LogP contribution in [0, 0.1) is 12.1 Å². The number of para-hydroxylation sites is 5. The molecule has 0 radical (unpaired) electrons. The second kappa shape index (κ2) is 14.5. The van der Waals surface area contributed by atoms with Gasteiger partial charge in [0.1, 0.15) is 0 Å². The van der Waals surface area contributed by atoms with Crippen molar-refractivity contribution < 1.29 is 21.1 Å². The third kappa shape index (κ3) is 5.74. The topological polar surface area (TPSA) is 37.2 Å². The van der Waals surface area contributed by atoms with Crippen molar-refractivity contribution >= 4 is 68.3 Å². The van der Waals surface area contributed by atoms with Gasteiger partial charge >= 0.3 is 21.1 Å². The molecule has 2 aliphatic rings. The number of anilines is 6. The first-order valence-corrected chi connectivity index (χ1v) is 19.6. The van der Waals surface area contributed by atoms with Gasteiger partial charge in [-0.05, 0) is 95.2 Å². The predicted octanol–water partition coefficient (Wildman–Crippen LogP) is 10.6. The van der Waals surface area contributed by atoms with E-state index in [-0.39, 0.29) is 27.8 Å². The van der Waals surface area contributed by atoms with Crippen LogP contribution in [0.4, 0.5) is 34.1 Å². The molecule has 58 heavy (non-hydrogen) atoms. The summed E-state index contributed by atoms with van der Waals surface area (Å²) in [4.78, 5) is 15.0. The standard InChI is InChI=1S/C51H36BN5.Pt/c1-34(2)35-29-30-53-44(33-35)36-25-27-45-41(31-36)52-42-32-37(51-54-43-21-12-13-22-47(43)57(51)40-19-10-5-11-20-40)26-28-46(42)56(39-17-8-4-9-18-39)49-24-14-23-48(50(49)52)55(45)38-15-6-3-7-16-38;/h3-30,33-34H,1-2H3;/q-2;+2. The first kappa shape index (κ1) is 35.9. The molecule has 7 heteroatoms. The molecule has 5 nitrogen and oxygen atoms in total. The van der Waals surface area contributed by atoms with Gasteiger partial charge in [-0.2, -0.15) is 0 Å². The Morgan fingerprint density at radius 2 is 1.09 bits per heavy atom. The number of rotatable bonds is 6. The maximum atomic E-state index is 5.28. The van der Waals surface area contributed by atoms with E-state index >= 15 is 0 Å². The van der Waals surface area contributed by atoms with Crippen molar-refractivity contribution in [3.8, 4) is 28.3 Å². The molecule has 11 rings (SSSR count). The zero-order valence-corrected chi connectivity index (χ0v) is 34.2. The van der Waals surface area contributed by atoms with Crippen LogP contribution in [-0.2, 0) is 21.1 Å². The van der Waals surface area contributed by atoms with Crippen LogP contribution in [0.15, 0.2) is 176 Å². The number of fused-ring (bicyclic) bond motifs is 5. The van der Waals surface area contributed by atoms with Crippen LogP contribution in [0.2, 0.25) is 0 Å². The average molecular weight is 925 g/mol. The monoisotopic (exact) mass is 924 g/mol. The maximum Gasteiger partial charge on any atom is 2.00 e. The summed E-state index contributed by atoms with van der Waals surface area (Å²) in [5.41, 5.74) is 17.1. The Balaban J connectivity index is 0.00000408. The molecule has 0 saturated heterocycles. The smallest absolute Gasteiger partial charge is 0.353 e. The predicted molar refractivity (Wildman–Crippen MR) is 236 cm³/mol. The van der Waals surface area contributed by atoms with Crippen LogP contribution in [-0.4, -0.2) is 21.2 Å². The van der Waals surface area contributed by atoms with Crippen LogP contribution in [0.3, 0.4) is 0 Å².